The predicted molar refractivity (Wildman–Crippen MR) is 164 cm³/mol. The van der Waals surface area contributed by atoms with Crippen LogP contribution in [0.5, 0.6) is 5.75 Å². The molecule has 0 unspecified atom stereocenters. The van der Waals surface area contributed by atoms with Gasteiger partial charge in [-0.2, -0.15) is 0 Å². The Labute approximate surface area is 256 Å². The number of hydrogen-bond donors (Lipinski definition) is 10. The summed E-state index contributed by atoms with van der Waals surface area (Å²) in [6, 6.07) is 1.94. The molecule has 0 aliphatic carbocycles. The molecule has 16 nitrogen and oxygen atoms in total. The summed E-state index contributed by atoms with van der Waals surface area (Å²) in [5.41, 5.74) is 22.8. The van der Waals surface area contributed by atoms with Crippen molar-refractivity contribution < 1.29 is 34.2 Å². The molecule has 4 amide bonds. The number of carbonyl (C=O) groups is 5. The van der Waals surface area contributed by atoms with Crippen LogP contribution in [0.15, 0.2) is 29.3 Å². The van der Waals surface area contributed by atoms with Crippen LogP contribution >= 0.6 is 0 Å². The molecule has 0 radical (unpaired) electrons. The highest BCUT2D eigenvalue weighted by molar-refractivity contribution is 5.94. The van der Waals surface area contributed by atoms with E-state index in [-0.39, 0.29) is 43.4 Å². The fraction of sp³-hybridized carbons (Fsp3) is 0.571. The average molecular weight is 622 g/mol. The monoisotopic (exact) mass is 621 g/mol. The van der Waals surface area contributed by atoms with Crippen LogP contribution in [-0.2, 0) is 30.4 Å². The first-order chi connectivity index (χ1) is 20.7. The molecule has 44 heavy (non-hydrogen) atoms. The molecule has 1 aromatic rings. The summed E-state index contributed by atoms with van der Waals surface area (Å²) in [4.78, 5) is 66.8. The van der Waals surface area contributed by atoms with Gasteiger partial charge in [-0.1, -0.05) is 26.0 Å². The number of carboxylic acid groups (broad SMARTS) is 1. The van der Waals surface area contributed by atoms with E-state index in [0.29, 0.717) is 25.8 Å². The molecule has 0 aromatic heterocycles. The van der Waals surface area contributed by atoms with Gasteiger partial charge in [-0.15, -0.1) is 0 Å². The molecule has 16 heteroatoms. The number of aliphatic carboxylic acids is 1. The molecule has 0 fully saturated rings. The van der Waals surface area contributed by atoms with Crippen LogP contribution < -0.4 is 44.2 Å². The largest absolute Gasteiger partial charge is 0.508 e. The second-order valence-electron chi connectivity index (χ2n) is 10.7. The van der Waals surface area contributed by atoms with Crippen molar-refractivity contribution >= 4 is 35.6 Å². The molecule has 4 atom stereocenters. The van der Waals surface area contributed by atoms with Crippen molar-refractivity contribution in [3.8, 4) is 5.75 Å². The highest BCUT2D eigenvalue weighted by Gasteiger charge is 2.29. The fourth-order valence-electron chi connectivity index (χ4n) is 4.09. The first-order valence-corrected chi connectivity index (χ1v) is 14.4. The lowest BCUT2D eigenvalue weighted by molar-refractivity contribution is -0.142. The van der Waals surface area contributed by atoms with Gasteiger partial charge in [0.25, 0.3) is 0 Å². The lowest BCUT2D eigenvalue weighted by atomic mass is 10.0. The van der Waals surface area contributed by atoms with E-state index >= 15 is 0 Å². The molecule has 0 bridgehead atoms. The van der Waals surface area contributed by atoms with Crippen LogP contribution in [0.25, 0.3) is 0 Å². The number of nitrogens with two attached hydrogens (primary N) is 4. The number of nitrogens with one attached hydrogen (secondary N) is 4. The highest BCUT2D eigenvalue weighted by atomic mass is 16.4. The smallest absolute Gasteiger partial charge is 0.326 e. The van der Waals surface area contributed by atoms with E-state index in [4.69, 9.17) is 22.9 Å². The molecule has 0 saturated heterocycles. The van der Waals surface area contributed by atoms with Gasteiger partial charge < -0.3 is 54.4 Å². The second-order valence-corrected chi connectivity index (χ2v) is 10.7. The van der Waals surface area contributed by atoms with Crippen LogP contribution in [0, 0.1) is 5.92 Å². The van der Waals surface area contributed by atoms with Gasteiger partial charge in [0.2, 0.25) is 23.6 Å². The molecule has 0 heterocycles. The summed E-state index contributed by atoms with van der Waals surface area (Å²) in [7, 11) is 0. The first-order valence-electron chi connectivity index (χ1n) is 14.4. The number of aliphatic imine (C=N–C) groups is 1. The maximum atomic E-state index is 13.0. The van der Waals surface area contributed by atoms with Crippen LogP contribution in [0.1, 0.15) is 51.5 Å². The van der Waals surface area contributed by atoms with Crippen molar-refractivity contribution in [2.75, 3.05) is 19.6 Å². The number of rotatable bonds is 20. The van der Waals surface area contributed by atoms with E-state index in [1.807, 2.05) is 0 Å². The van der Waals surface area contributed by atoms with Gasteiger partial charge in [0.1, 0.15) is 23.9 Å². The zero-order valence-electron chi connectivity index (χ0n) is 25.3. The lowest BCUT2D eigenvalue weighted by Gasteiger charge is -2.24. The number of guanidine groups is 1. The lowest BCUT2D eigenvalue weighted by Crippen LogP contribution is -2.56. The van der Waals surface area contributed by atoms with Gasteiger partial charge >= 0.3 is 5.97 Å². The molecule has 0 spiro atoms. The Morgan fingerprint density at radius 3 is 2.07 bits per heavy atom. The van der Waals surface area contributed by atoms with Crippen molar-refractivity contribution in [1.82, 2.24) is 21.3 Å². The van der Waals surface area contributed by atoms with Crippen LogP contribution in [0.2, 0.25) is 0 Å². The van der Waals surface area contributed by atoms with Crippen molar-refractivity contribution in [2.24, 2.45) is 33.8 Å². The van der Waals surface area contributed by atoms with Gasteiger partial charge in [-0.05, 0) is 68.7 Å². The molecule has 0 aliphatic rings. The first kappa shape index (κ1) is 37.6. The van der Waals surface area contributed by atoms with E-state index in [1.165, 1.54) is 12.1 Å². The molecular weight excluding hydrogens is 574 g/mol. The summed E-state index contributed by atoms with van der Waals surface area (Å²) in [6.45, 7) is 3.47. The Hall–Kier alpha value is -4.44. The van der Waals surface area contributed by atoms with Crippen molar-refractivity contribution in [2.45, 2.75) is 76.5 Å². The molecule has 1 aromatic carbocycles. The maximum Gasteiger partial charge on any atom is 0.326 e. The standard InChI is InChI=1S/C28H47N9O7/c1-16(2)23(37-24(40)19(30)14-17-8-10-18(38)11-9-17)26(42)34-15-22(39)35-20(6-3-4-12-29)25(41)36-21(27(43)44)7-5-13-33-28(31)32/h8-11,16,19-21,23,38H,3-7,12-15,29-30H2,1-2H3,(H,34,42)(H,35,39)(H,36,41)(H,37,40)(H,43,44)(H4,31,32,33)/t19-,20+,21+,23+/m1/s1. The Bertz CT molecular complexity index is 1120. The van der Waals surface area contributed by atoms with Gasteiger partial charge in [-0.3, -0.25) is 24.2 Å². The molecular formula is C28H47N9O7. The SMILES string of the molecule is CC(C)[C@H](NC(=O)[C@H](N)Cc1ccc(O)cc1)C(=O)NCC(=O)N[C@@H](CCCCN)C(=O)N[C@@H](CCCN=C(N)N)C(=O)O. The fourth-order valence-corrected chi connectivity index (χ4v) is 4.09. The van der Waals surface area contributed by atoms with Crippen molar-refractivity contribution in [3.63, 3.8) is 0 Å². The summed E-state index contributed by atoms with van der Waals surface area (Å²) >= 11 is 0. The molecule has 246 valence electrons. The molecule has 1 rings (SSSR count). The normalized spacial score (nSPS) is 13.6. The minimum absolute atomic E-state index is 0.0539. The van der Waals surface area contributed by atoms with E-state index in [2.05, 4.69) is 26.3 Å². The number of benzene rings is 1. The third-order valence-electron chi connectivity index (χ3n) is 6.56. The van der Waals surface area contributed by atoms with Gasteiger partial charge in [0.15, 0.2) is 5.96 Å². The number of hydrogen-bond acceptors (Lipinski definition) is 9. The number of nitrogens with zero attached hydrogens (tertiary/aromatic N) is 1. The van der Waals surface area contributed by atoms with Crippen LogP contribution in [0.3, 0.4) is 0 Å². The molecule has 0 saturated carbocycles. The number of carbonyl (C=O) groups excluding carboxylic acids is 4. The third kappa shape index (κ3) is 14.6. The Morgan fingerprint density at radius 2 is 1.50 bits per heavy atom. The average Bonchev–Trinajstić information content (AvgIpc) is 2.96. The summed E-state index contributed by atoms with van der Waals surface area (Å²) in [6.07, 6.45) is 1.76. The topological polar surface area (TPSA) is 290 Å². The summed E-state index contributed by atoms with van der Waals surface area (Å²) < 4.78 is 0. The molecule has 0 aliphatic heterocycles. The number of phenolic OH excluding ortho intramolecular Hbond substituents is 1. The maximum absolute atomic E-state index is 13.0. The van der Waals surface area contributed by atoms with Gasteiger partial charge in [-0.25, -0.2) is 4.79 Å². The zero-order chi connectivity index (χ0) is 33.2. The van der Waals surface area contributed by atoms with Crippen LogP contribution in [0.4, 0.5) is 0 Å². The van der Waals surface area contributed by atoms with Crippen LogP contribution in [-0.4, -0.2) is 89.6 Å². The predicted octanol–water partition coefficient (Wildman–Crippen LogP) is -2.24. The van der Waals surface area contributed by atoms with Crippen molar-refractivity contribution in [3.05, 3.63) is 29.8 Å². The Balaban J connectivity index is 2.77. The van der Waals surface area contributed by atoms with E-state index < -0.39 is 60.3 Å². The minimum Gasteiger partial charge on any atom is -0.508 e. The van der Waals surface area contributed by atoms with Crippen molar-refractivity contribution in [1.29, 1.82) is 0 Å². The van der Waals surface area contributed by atoms with E-state index in [0.717, 1.165) is 5.56 Å². The number of aromatic hydroxyl groups is 1. The number of carboxylic acids is 1. The molecule has 14 N–H and O–H groups in total. The van der Waals surface area contributed by atoms with E-state index in [1.54, 1.807) is 26.0 Å². The minimum atomic E-state index is -1.26. The number of unbranched alkanes of at least 4 members (excludes halogenated alkanes) is 1. The highest BCUT2D eigenvalue weighted by Crippen LogP contribution is 2.11. The van der Waals surface area contributed by atoms with Gasteiger partial charge in [0.05, 0.1) is 12.6 Å². The Kier molecular flexibility index (Phi) is 16.8. The quantitative estimate of drug-likeness (QED) is 0.0421. The van der Waals surface area contributed by atoms with Gasteiger partial charge in [0, 0.05) is 6.54 Å². The third-order valence-corrected chi connectivity index (χ3v) is 6.56. The number of phenols is 1. The second kappa shape index (κ2) is 19.7. The zero-order valence-corrected chi connectivity index (χ0v) is 25.3. The summed E-state index contributed by atoms with van der Waals surface area (Å²) in [5.74, 6) is -4.25. The van der Waals surface area contributed by atoms with E-state index in [9.17, 15) is 34.2 Å². The summed E-state index contributed by atoms with van der Waals surface area (Å²) in [5, 5.41) is 29.0. The number of amides is 4. The Morgan fingerprint density at radius 1 is 0.864 bits per heavy atom.